The summed E-state index contributed by atoms with van der Waals surface area (Å²) in [6, 6.07) is 2.36. The summed E-state index contributed by atoms with van der Waals surface area (Å²) >= 11 is 0. The number of aromatic nitrogens is 2. The highest BCUT2D eigenvalue weighted by Crippen LogP contribution is 2.39. The summed E-state index contributed by atoms with van der Waals surface area (Å²) in [6.07, 6.45) is 6.33. The molecule has 2 saturated heterocycles. The van der Waals surface area contributed by atoms with E-state index in [2.05, 4.69) is 15.3 Å². The van der Waals surface area contributed by atoms with Crippen molar-refractivity contribution in [3.8, 4) is 0 Å². The zero-order valence-corrected chi connectivity index (χ0v) is 13.0. The number of amides is 2. The summed E-state index contributed by atoms with van der Waals surface area (Å²) in [7, 11) is 0. The number of piperidine rings is 1. The predicted molar refractivity (Wildman–Crippen MR) is 81.0 cm³/mol. The Bertz CT molecular complexity index is 525. The molecule has 2 amide bonds. The molecule has 2 aliphatic heterocycles. The van der Waals surface area contributed by atoms with Gasteiger partial charge in [-0.1, -0.05) is 0 Å². The zero-order chi connectivity index (χ0) is 15.5. The van der Waals surface area contributed by atoms with Crippen LogP contribution in [0.3, 0.4) is 0 Å². The van der Waals surface area contributed by atoms with Gasteiger partial charge in [0, 0.05) is 18.3 Å². The molecule has 120 valence electrons. The third kappa shape index (κ3) is 3.20. The molecule has 3 rings (SSSR count). The lowest BCUT2D eigenvalue weighted by Gasteiger charge is -2.38. The Labute approximate surface area is 130 Å². The van der Waals surface area contributed by atoms with Crippen LogP contribution in [0.4, 0.5) is 9.18 Å². The number of nitrogens with one attached hydrogen (secondary N) is 1. The number of rotatable bonds is 4. The van der Waals surface area contributed by atoms with E-state index in [1.807, 2.05) is 17.9 Å². The van der Waals surface area contributed by atoms with E-state index >= 15 is 0 Å². The lowest BCUT2D eigenvalue weighted by Crippen LogP contribution is -2.50. The highest BCUT2D eigenvalue weighted by molar-refractivity contribution is 5.75. The fourth-order valence-corrected chi connectivity index (χ4v) is 3.87. The van der Waals surface area contributed by atoms with Crippen LogP contribution in [0.25, 0.3) is 0 Å². The van der Waals surface area contributed by atoms with Gasteiger partial charge in [0.2, 0.25) is 0 Å². The van der Waals surface area contributed by atoms with E-state index in [9.17, 15) is 9.18 Å². The number of fused-ring (bicyclic) bond motifs is 2. The smallest absolute Gasteiger partial charge is 0.318 e. The third-order valence-electron chi connectivity index (χ3n) is 4.84. The summed E-state index contributed by atoms with van der Waals surface area (Å²) in [5.41, 5.74) is 0.820. The summed E-state index contributed by atoms with van der Waals surface area (Å²) < 4.78 is 12.5. The fourth-order valence-electron chi connectivity index (χ4n) is 3.87. The van der Waals surface area contributed by atoms with E-state index in [1.54, 1.807) is 6.20 Å². The Kier molecular flexibility index (Phi) is 4.55. The quantitative estimate of drug-likeness (QED) is 0.930. The fraction of sp³-hybridized carbons (Fsp3) is 0.688. The van der Waals surface area contributed by atoms with Crippen molar-refractivity contribution in [3.63, 3.8) is 0 Å². The van der Waals surface area contributed by atoms with Gasteiger partial charge in [-0.15, -0.1) is 0 Å². The number of halogens is 1. The Morgan fingerprint density at radius 3 is 2.77 bits per heavy atom. The number of aryl methyl sites for hydroxylation is 1. The number of urea groups is 1. The topological polar surface area (TPSA) is 58.1 Å². The van der Waals surface area contributed by atoms with Crippen molar-refractivity contribution < 1.29 is 9.18 Å². The number of alkyl halides is 1. The molecular weight excluding hydrogens is 283 g/mol. The predicted octanol–water partition coefficient (Wildman–Crippen LogP) is 2.60. The van der Waals surface area contributed by atoms with Crippen LogP contribution in [-0.4, -0.2) is 39.7 Å². The van der Waals surface area contributed by atoms with Gasteiger partial charge in [0.15, 0.2) is 0 Å². The Hall–Kier alpha value is -1.72. The highest BCUT2D eigenvalue weighted by Gasteiger charge is 2.42. The first kappa shape index (κ1) is 15.2. The van der Waals surface area contributed by atoms with Crippen LogP contribution in [0, 0.1) is 12.8 Å². The molecule has 0 spiro atoms. The molecule has 0 saturated carbocycles. The maximum atomic E-state index is 12.5. The first-order chi connectivity index (χ1) is 10.7. The number of hydrogen-bond donors (Lipinski definition) is 1. The molecule has 2 aliphatic rings. The molecule has 2 fully saturated rings. The molecule has 0 aliphatic carbocycles. The Morgan fingerprint density at radius 1 is 1.41 bits per heavy atom. The molecule has 1 aromatic rings. The van der Waals surface area contributed by atoms with Gasteiger partial charge in [-0.25, -0.2) is 14.8 Å². The molecule has 1 aromatic heterocycles. The van der Waals surface area contributed by atoms with Gasteiger partial charge >= 0.3 is 6.03 Å². The maximum Gasteiger partial charge on any atom is 0.318 e. The molecular formula is C16H23FN4O. The van der Waals surface area contributed by atoms with Crippen molar-refractivity contribution in [1.82, 2.24) is 20.2 Å². The molecule has 3 heterocycles. The maximum absolute atomic E-state index is 12.5. The zero-order valence-electron chi connectivity index (χ0n) is 13.0. The van der Waals surface area contributed by atoms with Gasteiger partial charge in [0.05, 0.1) is 18.9 Å². The second-order valence-electron chi connectivity index (χ2n) is 6.36. The van der Waals surface area contributed by atoms with Crippen LogP contribution in [0.1, 0.15) is 43.6 Å². The van der Waals surface area contributed by atoms with Gasteiger partial charge in [-0.3, -0.25) is 4.39 Å². The largest absolute Gasteiger partial charge is 0.332 e. The van der Waals surface area contributed by atoms with Crippen LogP contribution < -0.4 is 5.32 Å². The van der Waals surface area contributed by atoms with Gasteiger partial charge in [-0.2, -0.15) is 0 Å². The van der Waals surface area contributed by atoms with Crippen molar-refractivity contribution in [2.24, 2.45) is 5.92 Å². The SMILES string of the molecule is Cc1nccc(CNC(=O)N2C3CCC2CC(CCF)C3)n1. The second-order valence-corrected chi connectivity index (χ2v) is 6.36. The van der Waals surface area contributed by atoms with E-state index in [0.717, 1.165) is 31.4 Å². The first-order valence-electron chi connectivity index (χ1n) is 8.08. The minimum Gasteiger partial charge on any atom is -0.332 e. The first-order valence-corrected chi connectivity index (χ1v) is 8.08. The van der Waals surface area contributed by atoms with Crippen molar-refractivity contribution in [3.05, 3.63) is 23.8 Å². The molecule has 0 aromatic carbocycles. The molecule has 2 bridgehead atoms. The minimum atomic E-state index is -0.247. The third-order valence-corrected chi connectivity index (χ3v) is 4.84. The van der Waals surface area contributed by atoms with Crippen LogP contribution in [-0.2, 0) is 6.54 Å². The van der Waals surface area contributed by atoms with Crippen molar-refractivity contribution in [2.45, 2.75) is 57.7 Å². The summed E-state index contributed by atoms with van der Waals surface area (Å²) in [4.78, 5) is 22.8. The monoisotopic (exact) mass is 306 g/mol. The molecule has 1 N–H and O–H groups in total. The van der Waals surface area contributed by atoms with Crippen LogP contribution in [0.2, 0.25) is 0 Å². The van der Waals surface area contributed by atoms with Crippen molar-refractivity contribution in [1.29, 1.82) is 0 Å². The minimum absolute atomic E-state index is 0.0116. The van der Waals surface area contributed by atoms with Crippen molar-refractivity contribution >= 4 is 6.03 Å². The van der Waals surface area contributed by atoms with Crippen LogP contribution in [0.15, 0.2) is 12.3 Å². The number of hydrogen-bond acceptors (Lipinski definition) is 3. The average Bonchev–Trinajstić information content (AvgIpc) is 2.77. The lowest BCUT2D eigenvalue weighted by molar-refractivity contribution is 0.116. The second kappa shape index (κ2) is 6.58. The van der Waals surface area contributed by atoms with Crippen LogP contribution in [0.5, 0.6) is 0 Å². The summed E-state index contributed by atoms with van der Waals surface area (Å²) in [5, 5.41) is 2.97. The van der Waals surface area contributed by atoms with E-state index in [-0.39, 0.29) is 24.8 Å². The molecule has 22 heavy (non-hydrogen) atoms. The summed E-state index contributed by atoms with van der Waals surface area (Å²) in [5.74, 6) is 1.15. The Balaban J connectivity index is 1.57. The standard InChI is InChI=1S/C16H23FN4O/c1-11-18-7-5-13(20-11)10-19-16(22)21-14-2-3-15(21)9-12(8-14)4-6-17/h5,7,12,14-15H,2-4,6,8-10H2,1H3,(H,19,22). The van der Waals surface area contributed by atoms with Crippen molar-refractivity contribution in [2.75, 3.05) is 6.67 Å². The van der Waals surface area contributed by atoms with Gasteiger partial charge in [0.1, 0.15) is 5.82 Å². The van der Waals surface area contributed by atoms with E-state index in [4.69, 9.17) is 0 Å². The normalized spacial score (nSPS) is 27.0. The van der Waals surface area contributed by atoms with Gasteiger partial charge < -0.3 is 10.2 Å². The molecule has 5 nitrogen and oxygen atoms in total. The molecule has 0 radical (unpaired) electrons. The van der Waals surface area contributed by atoms with Gasteiger partial charge in [-0.05, 0) is 51.0 Å². The number of nitrogens with zero attached hydrogens (tertiary/aromatic N) is 3. The van der Waals surface area contributed by atoms with E-state index in [1.165, 1.54) is 0 Å². The molecule has 6 heteroatoms. The van der Waals surface area contributed by atoms with E-state index in [0.29, 0.717) is 24.7 Å². The molecule has 2 unspecified atom stereocenters. The van der Waals surface area contributed by atoms with Gasteiger partial charge in [0.25, 0.3) is 0 Å². The number of carbonyl (C=O) groups excluding carboxylic acids is 1. The average molecular weight is 306 g/mol. The lowest BCUT2D eigenvalue weighted by atomic mass is 9.89. The summed E-state index contributed by atoms with van der Waals surface area (Å²) in [6.45, 7) is 2.01. The highest BCUT2D eigenvalue weighted by atomic mass is 19.1. The Morgan fingerprint density at radius 2 is 2.14 bits per heavy atom. The number of carbonyl (C=O) groups is 1. The van der Waals surface area contributed by atoms with E-state index < -0.39 is 0 Å². The molecule has 2 atom stereocenters. The van der Waals surface area contributed by atoms with Crippen LogP contribution >= 0.6 is 0 Å².